The van der Waals surface area contributed by atoms with Crippen LogP contribution in [0.25, 0.3) is 11.3 Å². The van der Waals surface area contributed by atoms with E-state index in [2.05, 4.69) is 23.8 Å². The first-order chi connectivity index (χ1) is 13.3. The predicted molar refractivity (Wildman–Crippen MR) is 107 cm³/mol. The Morgan fingerprint density at radius 1 is 1.25 bits per heavy atom. The van der Waals surface area contributed by atoms with Crippen molar-refractivity contribution in [2.45, 2.75) is 32.9 Å². The molecule has 152 valence electrons. The minimum atomic E-state index is -0.239. The number of methoxy groups -OCH3 is 1. The first-order valence-corrected chi connectivity index (χ1v) is 9.66. The second kappa shape index (κ2) is 8.41. The van der Waals surface area contributed by atoms with Crippen molar-refractivity contribution in [3.05, 3.63) is 41.3 Å². The van der Waals surface area contributed by atoms with Gasteiger partial charge in [-0.05, 0) is 50.6 Å². The average Bonchev–Trinajstić information content (AvgIpc) is 3.04. The molecule has 0 radical (unpaired) electrons. The predicted octanol–water partition coefficient (Wildman–Crippen LogP) is 2.72. The Kier molecular flexibility index (Phi) is 6.15. The number of carbonyl (C=O) groups is 1. The summed E-state index contributed by atoms with van der Waals surface area (Å²) in [6, 6.07) is 7.24. The lowest BCUT2D eigenvalue weighted by atomic mass is 10.1. The zero-order chi connectivity index (χ0) is 20.4. The van der Waals surface area contributed by atoms with Crippen LogP contribution in [0.4, 0.5) is 4.39 Å². The summed E-state index contributed by atoms with van der Waals surface area (Å²) < 4.78 is 20.5. The largest absolute Gasteiger partial charge is 0.383 e. The standard InChI is InChI=1S/C21H29FN4O2/c1-14-10-17(6-7-18(14)22)20-11-19(23-24(20)4)21(27)25-12-15(2)26(8-9-28-5)16(3)13-25/h6-7,10-11,15-16H,8-9,12-13H2,1-5H3. The van der Waals surface area contributed by atoms with Crippen LogP contribution >= 0.6 is 0 Å². The fourth-order valence-corrected chi connectivity index (χ4v) is 3.97. The van der Waals surface area contributed by atoms with E-state index in [1.807, 2.05) is 4.90 Å². The molecule has 0 N–H and O–H groups in total. The fraction of sp³-hybridized carbons (Fsp3) is 0.524. The molecular formula is C21H29FN4O2. The lowest BCUT2D eigenvalue weighted by Crippen LogP contribution is -2.58. The maximum atomic E-state index is 13.6. The number of benzene rings is 1. The van der Waals surface area contributed by atoms with Crippen LogP contribution in [0, 0.1) is 12.7 Å². The van der Waals surface area contributed by atoms with Crippen LogP contribution in [0.3, 0.4) is 0 Å². The highest BCUT2D eigenvalue weighted by Crippen LogP contribution is 2.24. The first kappa shape index (κ1) is 20.5. The summed E-state index contributed by atoms with van der Waals surface area (Å²) in [5, 5.41) is 4.43. The molecule has 2 unspecified atom stereocenters. The second-order valence-corrected chi connectivity index (χ2v) is 7.64. The van der Waals surface area contributed by atoms with Crippen molar-refractivity contribution in [2.75, 3.05) is 33.4 Å². The summed E-state index contributed by atoms with van der Waals surface area (Å²) in [5.74, 6) is -0.303. The number of hydrogen-bond acceptors (Lipinski definition) is 4. The minimum absolute atomic E-state index is 0.0641. The van der Waals surface area contributed by atoms with E-state index in [-0.39, 0.29) is 23.8 Å². The Morgan fingerprint density at radius 3 is 2.54 bits per heavy atom. The quantitative estimate of drug-likeness (QED) is 0.790. The number of amides is 1. The summed E-state index contributed by atoms with van der Waals surface area (Å²) in [6.45, 7) is 8.87. The van der Waals surface area contributed by atoms with Gasteiger partial charge in [-0.3, -0.25) is 14.4 Å². The highest BCUT2D eigenvalue weighted by Gasteiger charge is 2.32. The van der Waals surface area contributed by atoms with Gasteiger partial charge in [-0.1, -0.05) is 0 Å². The van der Waals surface area contributed by atoms with Crippen molar-refractivity contribution in [1.82, 2.24) is 19.6 Å². The Bertz CT molecular complexity index is 839. The van der Waals surface area contributed by atoms with Crippen molar-refractivity contribution < 1.29 is 13.9 Å². The van der Waals surface area contributed by atoms with Crippen LogP contribution in [0.1, 0.15) is 29.9 Å². The number of aryl methyl sites for hydroxylation is 2. The number of halogens is 1. The average molecular weight is 388 g/mol. The van der Waals surface area contributed by atoms with Gasteiger partial charge in [-0.15, -0.1) is 0 Å². The molecule has 0 spiro atoms. The monoisotopic (exact) mass is 388 g/mol. The third-order valence-corrected chi connectivity index (χ3v) is 5.49. The summed E-state index contributed by atoms with van der Waals surface area (Å²) in [4.78, 5) is 17.3. The van der Waals surface area contributed by atoms with Gasteiger partial charge in [0.25, 0.3) is 5.91 Å². The van der Waals surface area contributed by atoms with Crippen LogP contribution in [-0.4, -0.2) is 70.9 Å². The Morgan fingerprint density at radius 2 is 1.93 bits per heavy atom. The van der Waals surface area contributed by atoms with E-state index in [1.54, 1.807) is 44.0 Å². The summed E-state index contributed by atoms with van der Waals surface area (Å²) in [6.07, 6.45) is 0. The number of hydrogen-bond donors (Lipinski definition) is 0. The zero-order valence-corrected chi connectivity index (χ0v) is 17.3. The van der Waals surface area contributed by atoms with E-state index in [0.717, 1.165) is 17.8 Å². The van der Waals surface area contributed by atoms with Crippen LogP contribution in [0.2, 0.25) is 0 Å². The van der Waals surface area contributed by atoms with E-state index in [0.29, 0.717) is 31.0 Å². The summed E-state index contributed by atoms with van der Waals surface area (Å²) in [7, 11) is 3.51. The van der Waals surface area contributed by atoms with Crippen LogP contribution in [0.5, 0.6) is 0 Å². The number of ether oxygens (including phenoxy) is 1. The molecule has 2 atom stereocenters. The van der Waals surface area contributed by atoms with E-state index in [4.69, 9.17) is 4.74 Å². The molecule has 3 rings (SSSR count). The topological polar surface area (TPSA) is 50.6 Å². The number of carbonyl (C=O) groups excluding carboxylic acids is 1. The van der Waals surface area contributed by atoms with Crippen molar-refractivity contribution >= 4 is 5.91 Å². The van der Waals surface area contributed by atoms with E-state index < -0.39 is 0 Å². The number of piperazine rings is 1. The third-order valence-electron chi connectivity index (χ3n) is 5.49. The minimum Gasteiger partial charge on any atom is -0.383 e. The molecule has 0 aliphatic carbocycles. The molecule has 1 aromatic carbocycles. The normalized spacial score (nSPS) is 20.6. The van der Waals surface area contributed by atoms with E-state index in [9.17, 15) is 9.18 Å². The van der Waals surface area contributed by atoms with E-state index in [1.165, 1.54) is 6.07 Å². The molecule has 0 saturated carbocycles. The summed E-state index contributed by atoms with van der Waals surface area (Å²) >= 11 is 0. The van der Waals surface area contributed by atoms with Crippen LogP contribution in [-0.2, 0) is 11.8 Å². The van der Waals surface area contributed by atoms with Crippen LogP contribution in [0.15, 0.2) is 24.3 Å². The Balaban J connectivity index is 1.77. The molecule has 6 nitrogen and oxygen atoms in total. The lowest BCUT2D eigenvalue weighted by molar-refractivity contribution is 0.0190. The molecular weight excluding hydrogens is 359 g/mol. The van der Waals surface area contributed by atoms with Crippen molar-refractivity contribution in [1.29, 1.82) is 0 Å². The molecule has 0 bridgehead atoms. The number of rotatable bonds is 5. The molecule has 1 saturated heterocycles. The molecule has 2 heterocycles. The third kappa shape index (κ3) is 4.10. The van der Waals surface area contributed by atoms with Gasteiger partial charge in [0.1, 0.15) is 5.82 Å². The highest BCUT2D eigenvalue weighted by atomic mass is 19.1. The molecule has 1 aliphatic rings. The Labute approximate surface area is 165 Å². The molecule has 1 amide bonds. The molecule has 1 aliphatic heterocycles. The smallest absolute Gasteiger partial charge is 0.274 e. The molecule has 1 aromatic heterocycles. The zero-order valence-electron chi connectivity index (χ0n) is 17.3. The number of nitrogens with zero attached hydrogens (tertiary/aromatic N) is 4. The van der Waals surface area contributed by atoms with Crippen molar-refractivity contribution in [3.63, 3.8) is 0 Å². The van der Waals surface area contributed by atoms with Crippen molar-refractivity contribution in [2.24, 2.45) is 7.05 Å². The van der Waals surface area contributed by atoms with Gasteiger partial charge in [-0.25, -0.2) is 4.39 Å². The van der Waals surface area contributed by atoms with Crippen LogP contribution < -0.4 is 0 Å². The maximum Gasteiger partial charge on any atom is 0.274 e. The van der Waals surface area contributed by atoms with Gasteiger partial charge in [0, 0.05) is 51.4 Å². The van der Waals surface area contributed by atoms with Gasteiger partial charge in [0.2, 0.25) is 0 Å². The molecule has 28 heavy (non-hydrogen) atoms. The van der Waals surface area contributed by atoms with Gasteiger partial charge in [0.05, 0.1) is 12.3 Å². The van der Waals surface area contributed by atoms with Gasteiger partial charge < -0.3 is 9.64 Å². The SMILES string of the molecule is COCCN1C(C)CN(C(=O)c2cc(-c3ccc(F)c(C)c3)n(C)n2)CC1C. The molecule has 1 fully saturated rings. The summed E-state index contributed by atoms with van der Waals surface area (Å²) in [5.41, 5.74) is 2.64. The Hall–Kier alpha value is -2.25. The van der Waals surface area contributed by atoms with Crippen molar-refractivity contribution in [3.8, 4) is 11.3 Å². The maximum absolute atomic E-state index is 13.6. The second-order valence-electron chi connectivity index (χ2n) is 7.64. The molecule has 2 aromatic rings. The number of aromatic nitrogens is 2. The van der Waals surface area contributed by atoms with Gasteiger partial charge in [-0.2, -0.15) is 5.10 Å². The van der Waals surface area contributed by atoms with Gasteiger partial charge >= 0.3 is 0 Å². The molecule has 7 heteroatoms. The lowest BCUT2D eigenvalue weighted by Gasteiger charge is -2.44. The first-order valence-electron chi connectivity index (χ1n) is 9.66. The highest BCUT2D eigenvalue weighted by molar-refractivity contribution is 5.93. The fourth-order valence-electron chi connectivity index (χ4n) is 3.97. The van der Waals surface area contributed by atoms with E-state index >= 15 is 0 Å². The van der Waals surface area contributed by atoms with Gasteiger partial charge in [0.15, 0.2) is 5.69 Å².